The van der Waals surface area contributed by atoms with Gasteiger partial charge in [0.1, 0.15) is 18.2 Å². The first-order chi connectivity index (χ1) is 4.86. The molecule has 0 N–H and O–H groups in total. The van der Waals surface area contributed by atoms with Gasteiger partial charge in [-0.25, -0.2) is 4.57 Å². The van der Waals surface area contributed by atoms with E-state index >= 15 is 0 Å². The van der Waals surface area contributed by atoms with Gasteiger partial charge in [-0.2, -0.15) is 5.26 Å². The van der Waals surface area contributed by atoms with Crippen molar-refractivity contribution >= 4 is 0 Å². The smallest absolute Gasteiger partial charge is 0.186 e. The summed E-state index contributed by atoms with van der Waals surface area (Å²) >= 11 is 0. The monoisotopic (exact) mass is 133 g/mol. The molecule has 50 valence electrons. The van der Waals surface area contributed by atoms with E-state index in [1.54, 1.807) is 6.07 Å². The Morgan fingerprint density at radius 1 is 1.70 bits per heavy atom. The van der Waals surface area contributed by atoms with E-state index in [0.717, 1.165) is 6.54 Å². The van der Waals surface area contributed by atoms with Crippen molar-refractivity contribution in [3.8, 4) is 6.07 Å². The predicted octanol–water partition coefficient (Wildman–Crippen LogP) is 0.866. The largest absolute Gasteiger partial charge is 0.204 e. The van der Waals surface area contributed by atoms with E-state index in [2.05, 4.69) is 6.07 Å². The molecule has 0 spiro atoms. The molecular weight excluding hydrogens is 124 g/mol. The molecular formula is C8H9N2+. The Kier molecular flexibility index (Phi) is 2.01. The first-order valence-corrected chi connectivity index (χ1v) is 3.26. The summed E-state index contributed by atoms with van der Waals surface area (Å²) in [5.41, 5.74) is 0.712. The van der Waals surface area contributed by atoms with Crippen molar-refractivity contribution in [1.82, 2.24) is 0 Å². The third kappa shape index (κ3) is 1.32. The minimum Gasteiger partial charge on any atom is -0.204 e. The van der Waals surface area contributed by atoms with Crippen LogP contribution in [0.4, 0.5) is 0 Å². The highest BCUT2D eigenvalue weighted by Gasteiger charge is 1.96. The fourth-order valence-corrected chi connectivity index (χ4v) is 0.785. The van der Waals surface area contributed by atoms with Gasteiger partial charge >= 0.3 is 0 Å². The number of hydrogen-bond acceptors (Lipinski definition) is 1. The molecule has 0 saturated heterocycles. The Labute approximate surface area is 60.3 Å². The molecule has 1 aromatic heterocycles. The third-order valence-electron chi connectivity index (χ3n) is 1.35. The molecule has 0 atom stereocenters. The number of nitriles is 1. The van der Waals surface area contributed by atoms with E-state index in [-0.39, 0.29) is 0 Å². The van der Waals surface area contributed by atoms with Gasteiger partial charge in [-0.3, -0.25) is 0 Å². The molecule has 0 saturated carbocycles. The van der Waals surface area contributed by atoms with Crippen LogP contribution >= 0.6 is 0 Å². The fraction of sp³-hybridized carbons (Fsp3) is 0.250. The molecule has 10 heavy (non-hydrogen) atoms. The van der Waals surface area contributed by atoms with E-state index in [1.165, 1.54) is 0 Å². The second-order valence-corrected chi connectivity index (χ2v) is 2.03. The number of rotatable bonds is 1. The van der Waals surface area contributed by atoms with Crippen molar-refractivity contribution in [1.29, 1.82) is 5.26 Å². The molecule has 0 radical (unpaired) electrons. The molecule has 1 heterocycles. The average Bonchev–Trinajstić information content (AvgIpc) is 2.05. The van der Waals surface area contributed by atoms with Gasteiger partial charge in [0.15, 0.2) is 12.4 Å². The zero-order valence-electron chi connectivity index (χ0n) is 5.91. The molecule has 0 aliphatic carbocycles. The molecule has 0 aromatic carbocycles. The van der Waals surface area contributed by atoms with Crippen LogP contribution in [-0.4, -0.2) is 0 Å². The third-order valence-corrected chi connectivity index (χ3v) is 1.35. The summed E-state index contributed by atoms with van der Waals surface area (Å²) in [5.74, 6) is 0. The van der Waals surface area contributed by atoms with Crippen molar-refractivity contribution in [2.75, 3.05) is 0 Å². The zero-order chi connectivity index (χ0) is 7.40. The molecule has 0 bridgehead atoms. The average molecular weight is 133 g/mol. The number of aryl methyl sites for hydroxylation is 1. The van der Waals surface area contributed by atoms with E-state index in [4.69, 9.17) is 5.26 Å². The van der Waals surface area contributed by atoms with Gasteiger partial charge in [-0.15, -0.1) is 0 Å². The lowest BCUT2D eigenvalue weighted by molar-refractivity contribution is -0.693. The molecule has 0 unspecified atom stereocenters. The van der Waals surface area contributed by atoms with Crippen LogP contribution in [0.25, 0.3) is 0 Å². The number of aromatic nitrogens is 1. The summed E-state index contributed by atoms with van der Waals surface area (Å²) in [4.78, 5) is 0. The molecule has 0 amide bonds. The first-order valence-electron chi connectivity index (χ1n) is 3.26. The zero-order valence-corrected chi connectivity index (χ0v) is 5.91. The molecule has 0 fully saturated rings. The second-order valence-electron chi connectivity index (χ2n) is 2.03. The van der Waals surface area contributed by atoms with Gasteiger partial charge < -0.3 is 0 Å². The lowest BCUT2D eigenvalue weighted by atomic mass is 10.3. The SMILES string of the molecule is CC[n+]1cccc(C#N)c1. The molecule has 0 aliphatic rings. The van der Waals surface area contributed by atoms with E-state index in [0.29, 0.717) is 5.56 Å². The summed E-state index contributed by atoms with van der Waals surface area (Å²) in [6.07, 6.45) is 3.78. The Morgan fingerprint density at radius 3 is 3.10 bits per heavy atom. The number of pyridine rings is 1. The van der Waals surface area contributed by atoms with Gasteiger partial charge in [0, 0.05) is 6.07 Å². The second kappa shape index (κ2) is 2.98. The van der Waals surface area contributed by atoms with Crippen molar-refractivity contribution in [3.63, 3.8) is 0 Å². The summed E-state index contributed by atoms with van der Waals surface area (Å²) in [6.45, 7) is 2.96. The lowest BCUT2D eigenvalue weighted by Crippen LogP contribution is -2.31. The highest BCUT2D eigenvalue weighted by atomic mass is 14.9. The maximum atomic E-state index is 8.49. The van der Waals surface area contributed by atoms with Gasteiger partial charge in [0.05, 0.1) is 0 Å². The van der Waals surface area contributed by atoms with Crippen molar-refractivity contribution in [2.45, 2.75) is 13.5 Å². The van der Waals surface area contributed by atoms with Gasteiger partial charge in [-0.05, 0) is 13.0 Å². The van der Waals surface area contributed by atoms with Crippen LogP contribution in [-0.2, 0) is 6.54 Å². The van der Waals surface area contributed by atoms with Crippen LogP contribution < -0.4 is 4.57 Å². The van der Waals surface area contributed by atoms with Gasteiger partial charge in [0.2, 0.25) is 0 Å². The Morgan fingerprint density at radius 2 is 2.50 bits per heavy atom. The Balaban J connectivity index is 3.01. The van der Waals surface area contributed by atoms with Crippen molar-refractivity contribution < 1.29 is 4.57 Å². The van der Waals surface area contributed by atoms with Crippen LogP contribution in [0.15, 0.2) is 24.5 Å². The van der Waals surface area contributed by atoms with Gasteiger partial charge in [-0.1, -0.05) is 0 Å². The first kappa shape index (κ1) is 6.76. The highest BCUT2D eigenvalue weighted by Crippen LogP contribution is 1.89. The normalized spacial score (nSPS) is 8.80. The number of nitrogens with zero attached hydrogens (tertiary/aromatic N) is 2. The number of hydrogen-bond donors (Lipinski definition) is 0. The molecule has 1 aromatic rings. The predicted molar refractivity (Wildman–Crippen MR) is 37.0 cm³/mol. The Bertz CT molecular complexity index is 260. The summed E-state index contributed by atoms with van der Waals surface area (Å²) in [7, 11) is 0. The van der Waals surface area contributed by atoms with Crippen LogP contribution in [0, 0.1) is 11.3 Å². The van der Waals surface area contributed by atoms with Crippen molar-refractivity contribution in [3.05, 3.63) is 30.1 Å². The van der Waals surface area contributed by atoms with Crippen LogP contribution in [0.5, 0.6) is 0 Å². The van der Waals surface area contributed by atoms with Crippen LogP contribution in [0.1, 0.15) is 12.5 Å². The lowest BCUT2D eigenvalue weighted by Gasteiger charge is -1.88. The van der Waals surface area contributed by atoms with E-state index in [9.17, 15) is 0 Å². The summed E-state index contributed by atoms with van der Waals surface area (Å²) in [6, 6.07) is 5.76. The van der Waals surface area contributed by atoms with Crippen LogP contribution in [0.3, 0.4) is 0 Å². The Hall–Kier alpha value is -1.36. The maximum Gasteiger partial charge on any atom is 0.186 e. The standard InChI is InChI=1S/C8H9N2/c1-2-10-5-3-4-8(6-9)7-10/h3-5,7H,2H2,1H3/q+1. The quantitative estimate of drug-likeness (QED) is 0.522. The molecule has 2 heteroatoms. The van der Waals surface area contributed by atoms with Gasteiger partial charge in [0.25, 0.3) is 0 Å². The minimum atomic E-state index is 0.712. The van der Waals surface area contributed by atoms with Crippen LogP contribution in [0.2, 0.25) is 0 Å². The van der Waals surface area contributed by atoms with E-state index < -0.39 is 0 Å². The fourth-order valence-electron chi connectivity index (χ4n) is 0.785. The summed E-state index contributed by atoms with van der Waals surface area (Å²) in [5, 5.41) is 8.49. The molecule has 0 aliphatic heterocycles. The maximum absolute atomic E-state index is 8.49. The molecule has 2 nitrogen and oxygen atoms in total. The van der Waals surface area contributed by atoms with E-state index in [1.807, 2.05) is 30.0 Å². The minimum absolute atomic E-state index is 0.712. The highest BCUT2D eigenvalue weighted by molar-refractivity contribution is 5.21. The summed E-state index contributed by atoms with van der Waals surface area (Å²) < 4.78 is 1.97. The molecule has 1 rings (SSSR count). The topological polar surface area (TPSA) is 27.7 Å². The van der Waals surface area contributed by atoms with Crippen molar-refractivity contribution in [2.24, 2.45) is 0 Å².